The van der Waals surface area contributed by atoms with Gasteiger partial charge in [0.25, 0.3) is 17.4 Å². The Bertz CT molecular complexity index is 542. The topological polar surface area (TPSA) is 96.9 Å². The zero-order valence-electron chi connectivity index (χ0n) is 7.85. The highest BCUT2D eigenvalue weighted by Crippen LogP contribution is 2.34. The molecule has 0 atom stereocenters. The third-order valence-corrected chi connectivity index (χ3v) is 2.01. The number of hydrogen-bond donors (Lipinski definition) is 0. The molecule has 1 aromatic rings. The van der Waals surface area contributed by atoms with Crippen LogP contribution in [0.3, 0.4) is 0 Å². The number of aromatic nitrogens is 1. The van der Waals surface area contributed by atoms with Gasteiger partial charge < -0.3 is 0 Å². The molecular formula is C8H2ClF2N3O3. The van der Waals surface area contributed by atoms with Gasteiger partial charge in [-0.05, 0) is 11.6 Å². The Balaban J connectivity index is 3.73. The van der Waals surface area contributed by atoms with Crippen LogP contribution >= 0.6 is 11.6 Å². The van der Waals surface area contributed by atoms with Gasteiger partial charge in [-0.15, -0.1) is 0 Å². The summed E-state index contributed by atoms with van der Waals surface area (Å²) in [6.45, 7) is 0. The van der Waals surface area contributed by atoms with Gasteiger partial charge in [0.15, 0.2) is 5.69 Å². The molecule has 1 rings (SSSR count). The number of alkyl halides is 2. The Kier molecular flexibility index (Phi) is 3.65. The molecule has 9 heteroatoms. The van der Waals surface area contributed by atoms with E-state index in [-0.39, 0.29) is 0 Å². The number of nitro groups is 1. The minimum absolute atomic E-state index is 0.623. The molecule has 6 nitrogen and oxygen atoms in total. The van der Waals surface area contributed by atoms with Gasteiger partial charge in [0, 0.05) is 6.20 Å². The highest BCUT2D eigenvalue weighted by atomic mass is 35.5. The molecule has 17 heavy (non-hydrogen) atoms. The van der Waals surface area contributed by atoms with Crippen LogP contribution in [0.2, 0.25) is 0 Å². The van der Waals surface area contributed by atoms with E-state index in [9.17, 15) is 23.7 Å². The van der Waals surface area contributed by atoms with E-state index in [1.165, 1.54) is 6.07 Å². The van der Waals surface area contributed by atoms with Crippen LogP contribution in [0.5, 0.6) is 0 Å². The van der Waals surface area contributed by atoms with E-state index < -0.39 is 39.1 Å². The number of rotatable bonds is 3. The van der Waals surface area contributed by atoms with E-state index in [0.717, 1.165) is 0 Å². The molecule has 0 spiro atoms. The summed E-state index contributed by atoms with van der Waals surface area (Å²) < 4.78 is 25.3. The van der Waals surface area contributed by atoms with Gasteiger partial charge in [-0.3, -0.25) is 14.9 Å². The lowest BCUT2D eigenvalue weighted by molar-refractivity contribution is -0.386. The Morgan fingerprint density at radius 2 is 2.24 bits per heavy atom. The number of hydrogen-bond acceptors (Lipinski definition) is 5. The summed E-state index contributed by atoms with van der Waals surface area (Å²) in [5.74, 6) is 0. The van der Waals surface area contributed by atoms with Crippen LogP contribution in [-0.4, -0.2) is 15.1 Å². The van der Waals surface area contributed by atoms with Crippen molar-refractivity contribution in [3.63, 3.8) is 0 Å². The van der Waals surface area contributed by atoms with E-state index >= 15 is 0 Å². The average Bonchev–Trinajstić information content (AvgIpc) is 2.26. The van der Waals surface area contributed by atoms with Crippen LogP contribution in [0.25, 0.3) is 0 Å². The second kappa shape index (κ2) is 4.80. The molecule has 1 heterocycles. The molecule has 0 bridgehead atoms. The van der Waals surface area contributed by atoms with Gasteiger partial charge in [-0.25, -0.2) is 13.8 Å². The Morgan fingerprint density at radius 3 is 2.59 bits per heavy atom. The van der Waals surface area contributed by atoms with Gasteiger partial charge in [0.05, 0.1) is 4.92 Å². The van der Waals surface area contributed by atoms with Gasteiger partial charge in [0.1, 0.15) is 17.2 Å². The molecule has 0 unspecified atom stereocenters. The summed E-state index contributed by atoms with van der Waals surface area (Å²) in [7, 11) is 0. The summed E-state index contributed by atoms with van der Waals surface area (Å²) >= 11 is 5.01. The molecule has 88 valence electrons. The van der Waals surface area contributed by atoms with Crippen molar-refractivity contribution in [1.82, 2.24) is 4.98 Å². The van der Waals surface area contributed by atoms with Crippen LogP contribution in [0.15, 0.2) is 6.20 Å². The first kappa shape index (κ1) is 12.9. The molecule has 0 radical (unpaired) electrons. The second-order valence-corrected chi connectivity index (χ2v) is 3.07. The predicted molar refractivity (Wildman–Crippen MR) is 50.7 cm³/mol. The third kappa shape index (κ3) is 2.34. The lowest BCUT2D eigenvalue weighted by atomic mass is 10.1. The summed E-state index contributed by atoms with van der Waals surface area (Å²) in [5.41, 5.74) is -3.98. The van der Waals surface area contributed by atoms with Gasteiger partial charge in [-0.2, -0.15) is 5.26 Å². The number of nitriles is 1. The zero-order valence-corrected chi connectivity index (χ0v) is 8.61. The van der Waals surface area contributed by atoms with E-state index in [1.54, 1.807) is 0 Å². The molecule has 0 aliphatic rings. The highest BCUT2D eigenvalue weighted by Gasteiger charge is 2.32. The Labute approximate surface area is 97.6 Å². The number of nitrogens with zero attached hydrogens (tertiary/aromatic N) is 3. The molecule has 0 fully saturated rings. The predicted octanol–water partition coefficient (Wildman–Crippen LogP) is 2.18. The second-order valence-electron chi connectivity index (χ2n) is 2.73. The first-order valence-corrected chi connectivity index (χ1v) is 4.33. The number of halogens is 3. The number of pyridine rings is 1. The van der Waals surface area contributed by atoms with Crippen LogP contribution < -0.4 is 0 Å². The van der Waals surface area contributed by atoms with Crippen molar-refractivity contribution in [2.75, 3.05) is 0 Å². The zero-order chi connectivity index (χ0) is 13.2. The maximum atomic E-state index is 12.6. The smallest absolute Gasteiger partial charge is 0.275 e. The Hall–Kier alpha value is -2.14. The van der Waals surface area contributed by atoms with E-state index in [0.29, 0.717) is 6.20 Å². The van der Waals surface area contributed by atoms with Crippen molar-refractivity contribution in [1.29, 1.82) is 5.26 Å². The first-order valence-electron chi connectivity index (χ1n) is 3.95. The molecule has 0 amide bonds. The molecule has 1 aromatic heterocycles. The normalized spacial score (nSPS) is 10.1. The SMILES string of the molecule is N#Cc1ncc(C(=O)Cl)c([N+](=O)[O-])c1C(F)F. The monoisotopic (exact) mass is 261 g/mol. The van der Waals surface area contributed by atoms with Crippen molar-refractivity contribution in [2.24, 2.45) is 0 Å². The maximum absolute atomic E-state index is 12.6. The number of carbonyl (C=O) groups is 1. The van der Waals surface area contributed by atoms with Crippen LogP contribution in [0.1, 0.15) is 28.0 Å². The van der Waals surface area contributed by atoms with Crippen LogP contribution in [0.4, 0.5) is 14.5 Å². The lowest BCUT2D eigenvalue weighted by Gasteiger charge is -2.05. The third-order valence-electron chi connectivity index (χ3n) is 1.81. The molecular weight excluding hydrogens is 260 g/mol. The summed E-state index contributed by atoms with van der Waals surface area (Å²) in [6, 6.07) is 1.29. The minimum atomic E-state index is -3.31. The molecule has 0 N–H and O–H groups in total. The van der Waals surface area contributed by atoms with E-state index in [1.807, 2.05) is 0 Å². The van der Waals surface area contributed by atoms with Crippen molar-refractivity contribution >= 4 is 22.5 Å². The fourth-order valence-corrected chi connectivity index (χ4v) is 1.29. The van der Waals surface area contributed by atoms with E-state index in [4.69, 9.17) is 16.9 Å². The maximum Gasteiger partial charge on any atom is 0.294 e. The molecule has 0 aliphatic heterocycles. The van der Waals surface area contributed by atoms with Crippen LogP contribution in [-0.2, 0) is 0 Å². The summed E-state index contributed by atoms with van der Waals surface area (Å²) in [4.78, 5) is 23.5. The van der Waals surface area contributed by atoms with Crippen LogP contribution in [0, 0.1) is 21.4 Å². The van der Waals surface area contributed by atoms with Crippen molar-refractivity contribution in [3.05, 3.63) is 33.1 Å². The van der Waals surface area contributed by atoms with Crippen molar-refractivity contribution in [3.8, 4) is 6.07 Å². The summed E-state index contributed by atoms with van der Waals surface area (Å²) in [5, 5.41) is 17.9. The molecule has 0 aliphatic carbocycles. The minimum Gasteiger partial charge on any atom is -0.275 e. The van der Waals surface area contributed by atoms with Gasteiger partial charge >= 0.3 is 0 Å². The number of carbonyl (C=O) groups excluding carboxylic acids is 1. The van der Waals surface area contributed by atoms with Crippen molar-refractivity contribution in [2.45, 2.75) is 6.43 Å². The van der Waals surface area contributed by atoms with Crippen molar-refractivity contribution < 1.29 is 18.5 Å². The Morgan fingerprint density at radius 1 is 1.65 bits per heavy atom. The molecule has 0 saturated heterocycles. The first-order chi connectivity index (χ1) is 7.90. The average molecular weight is 262 g/mol. The molecule has 0 aromatic carbocycles. The van der Waals surface area contributed by atoms with E-state index in [2.05, 4.69) is 4.98 Å². The van der Waals surface area contributed by atoms with Gasteiger partial charge in [0.2, 0.25) is 0 Å². The molecule has 0 saturated carbocycles. The fourth-order valence-electron chi connectivity index (χ4n) is 1.15. The largest absolute Gasteiger partial charge is 0.294 e. The fraction of sp³-hybridized carbons (Fsp3) is 0.125. The quantitative estimate of drug-likeness (QED) is 0.472. The summed E-state index contributed by atoms with van der Waals surface area (Å²) in [6.07, 6.45) is -2.69. The lowest BCUT2D eigenvalue weighted by Crippen LogP contribution is -2.07. The van der Waals surface area contributed by atoms with Gasteiger partial charge in [-0.1, -0.05) is 0 Å². The standard InChI is InChI=1S/C8H2ClF2N3O3/c9-7(15)3-2-13-4(1-12)5(8(10)11)6(3)14(16)17/h2,8H. The highest BCUT2D eigenvalue weighted by molar-refractivity contribution is 6.68.